The third kappa shape index (κ3) is 0.852. The van der Waals surface area contributed by atoms with E-state index in [1.807, 2.05) is 5.80 Å². The molecule has 1 aliphatic heterocycles. The van der Waals surface area contributed by atoms with Gasteiger partial charge in [0.15, 0.2) is 0 Å². The minimum absolute atomic E-state index is 0.855. The predicted octanol–water partition coefficient (Wildman–Crippen LogP) is 1.05. The molecule has 0 aliphatic carbocycles. The Labute approximate surface area is 57.5 Å². The first-order chi connectivity index (χ1) is 4.47. The first kappa shape index (κ1) is 5.35. The summed E-state index contributed by atoms with van der Waals surface area (Å²) in [6.07, 6.45) is 0. The quantitative estimate of drug-likeness (QED) is 0.573. The van der Waals surface area contributed by atoms with E-state index in [2.05, 4.69) is 10.2 Å². The number of nitrogens with zero attached hydrogens (tertiary/aromatic N) is 1. The molecule has 0 bridgehead atoms. The zero-order chi connectivity index (χ0) is 6.10. The summed E-state index contributed by atoms with van der Waals surface area (Å²) in [4.78, 5) is 9.07. The molecule has 46 valence electrons. The summed E-state index contributed by atoms with van der Waals surface area (Å²) in [5.41, 5.74) is 2.71. The van der Waals surface area contributed by atoms with Gasteiger partial charge in [0.05, 0.1) is 5.51 Å². The van der Waals surface area contributed by atoms with Crippen LogP contribution in [0.15, 0.2) is 5.51 Å². The molecule has 3 nitrogen and oxygen atoms in total. The van der Waals surface area contributed by atoms with Crippen molar-refractivity contribution in [3.05, 3.63) is 11.2 Å². The van der Waals surface area contributed by atoms with Gasteiger partial charge in [-0.15, -0.1) is 5.25 Å². The van der Waals surface area contributed by atoms with E-state index >= 15 is 0 Å². The average molecular weight is 158 g/mol. The average Bonchev–Trinajstić information content (AvgIpc) is 2.33. The van der Waals surface area contributed by atoms with Gasteiger partial charge in [-0.2, -0.15) is 0 Å². The summed E-state index contributed by atoms with van der Waals surface area (Å²) in [6.45, 7) is 0. The topological polar surface area (TPSA) is 34.1 Å². The van der Waals surface area contributed by atoms with Crippen molar-refractivity contribution in [1.29, 1.82) is 0 Å². The van der Waals surface area contributed by atoms with Crippen LogP contribution in [0.3, 0.4) is 0 Å². The number of rotatable bonds is 0. The lowest BCUT2D eigenvalue weighted by Gasteiger charge is -2.02. The van der Waals surface area contributed by atoms with Crippen molar-refractivity contribution in [1.82, 2.24) is 10.2 Å². The first-order valence-electron chi connectivity index (χ1n) is 2.35. The van der Waals surface area contributed by atoms with Crippen LogP contribution in [0.1, 0.15) is 5.69 Å². The minimum atomic E-state index is 0.855. The maximum atomic E-state index is 5.03. The van der Waals surface area contributed by atoms with Crippen molar-refractivity contribution < 1.29 is 4.84 Å². The highest BCUT2D eigenvalue weighted by molar-refractivity contribution is 7.37. The molecule has 0 saturated heterocycles. The lowest BCUT2D eigenvalue weighted by Crippen LogP contribution is -2.09. The highest BCUT2D eigenvalue weighted by Crippen LogP contribution is 2.24. The van der Waals surface area contributed by atoms with Crippen LogP contribution in [0.2, 0.25) is 0 Å². The van der Waals surface area contributed by atoms with Gasteiger partial charge in [0.25, 0.3) is 0 Å². The maximum Gasteiger partial charge on any atom is 0.229 e. The van der Waals surface area contributed by atoms with Gasteiger partial charge in [-0.05, 0) is 0 Å². The van der Waals surface area contributed by atoms with Gasteiger partial charge in [-0.3, -0.25) is 0 Å². The molecule has 1 aromatic heterocycles. The molecule has 5 heteroatoms. The monoisotopic (exact) mass is 158 g/mol. The summed E-state index contributed by atoms with van der Waals surface area (Å²) in [6, 6.07) is 0. The van der Waals surface area contributed by atoms with Crippen molar-refractivity contribution >= 4 is 25.5 Å². The second kappa shape index (κ2) is 2.06. The lowest BCUT2D eigenvalue weighted by atomic mass is 10.6. The predicted molar refractivity (Wildman–Crippen MR) is 38.0 cm³/mol. The van der Waals surface area contributed by atoms with Gasteiger partial charge in [0, 0.05) is 14.2 Å². The van der Waals surface area contributed by atoms with Crippen LogP contribution in [0.25, 0.3) is 0 Å². The van der Waals surface area contributed by atoms with E-state index in [9.17, 15) is 0 Å². The highest BCUT2D eigenvalue weighted by atomic mass is 32.1. The molecular formula is C4H3N2OPS. The molecule has 0 spiro atoms. The summed E-state index contributed by atoms with van der Waals surface area (Å²) in [5, 5.41) is 3.57. The van der Waals surface area contributed by atoms with E-state index in [4.69, 9.17) is 4.84 Å². The molecule has 0 radical (unpaired) electrons. The second-order valence-electron chi connectivity index (χ2n) is 1.48. The van der Waals surface area contributed by atoms with E-state index in [-0.39, 0.29) is 0 Å². The Morgan fingerprint density at radius 1 is 1.78 bits per heavy atom. The molecule has 1 aliphatic rings. The van der Waals surface area contributed by atoms with E-state index in [0.29, 0.717) is 0 Å². The molecular weight excluding hydrogens is 155 g/mol. The standard InChI is InChI=1S/C4H3N2OPS/c1-3-4(7-6-8-1)9-2-5-3/h1-2,6H. The van der Waals surface area contributed by atoms with Crippen molar-refractivity contribution in [2.45, 2.75) is 0 Å². The van der Waals surface area contributed by atoms with Gasteiger partial charge in [0.2, 0.25) is 5.06 Å². The Kier molecular flexibility index (Phi) is 1.23. The number of nitrogens with one attached hydrogen (secondary N) is 1. The van der Waals surface area contributed by atoms with Crippen molar-refractivity contribution in [3.8, 4) is 5.06 Å². The number of aromatic nitrogens is 1. The number of fused-ring (bicyclic) bond motifs is 1. The molecule has 0 fully saturated rings. The molecule has 0 unspecified atom stereocenters. The zero-order valence-electron chi connectivity index (χ0n) is 4.37. The number of thiazole rings is 1. The third-order valence-corrected chi connectivity index (χ3v) is 2.23. The molecule has 1 N–H and O–H groups in total. The smallest absolute Gasteiger partial charge is 0.229 e. The Morgan fingerprint density at radius 3 is 3.67 bits per heavy atom. The van der Waals surface area contributed by atoms with Crippen LogP contribution in [0.4, 0.5) is 0 Å². The van der Waals surface area contributed by atoms with Gasteiger partial charge in [0.1, 0.15) is 5.69 Å². The fourth-order valence-electron chi connectivity index (χ4n) is 0.562. The Morgan fingerprint density at radius 2 is 2.78 bits per heavy atom. The minimum Gasteiger partial charge on any atom is -0.387 e. The SMILES string of the molecule is C1=PNOc2scnc21. The fourth-order valence-corrected chi connectivity index (χ4v) is 1.80. The molecule has 2 rings (SSSR count). The second-order valence-corrected chi connectivity index (χ2v) is 2.99. The van der Waals surface area contributed by atoms with Crippen LogP contribution in [-0.2, 0) is 0 Å². The van der Waals surface area contributed by atoms with Crippen molar-refractivity contribution in [3.63, 3.8) is 0 Å². The van der Waals surface area contributed by atoms with Crippen LogP contribution >= 0.6 is 19.7 Å². The summed E-state index contributed by atoms with van der Waals surface area (Å²) < 4.78 is 0. The maximum absolute atomic E-state index is 5.03. The molecule has 9 heavy (non-hydrogen) atoms. The van der Waals surface area contributed by atoms with Crippen LogP contribution < -0.4 is 10.1 Å². The van der Waals surface area contributed by atoms with Gasteiger partial charge >= 0.3 is 0 Å². The van der Waals surface area contributed by atoms with E-state index in [1.54, 1.807) is 5.51 Å². The van der Waals surface area contributed by atoms with Crippen LogP contribution in [-0.4, -0.2) is 10.8 Å². The van der Waals surface area contributed by atoms with E-state index in [0.717, 1.165) is 19.1 Å². The summed E-state index contributed by atoms with van der Waals surface area (Å²) >= 11 is 1.49. The third-order valence-electron chi connectivity index (χ3n) is 0.939. The van der Waals surface area contributed by atoms with Crippen molar-refractivity contribution in [2.24, 2.45) is 0 Å². The highest BCUT2D eigenvalue weighted by Gasteiger charge is 2.06. The summed E-state index contributed by atoms with van der Waals surface area (Å²) in [5.74, 6) is 1.97. The number of hydrogen-bond acceptors (Lipinski definition) is 4. The number of hydrogen-bond donors (Lipinski definition) is 1. The Balaban J connectivity index is 2.53. The molecule has 0 atom stereocenters. The van der Waals surface area contributed by atoms with Gasteiger partial charge < -0.3 is 4.84 Å². The molecule has 0 aromatic carbocycles. The Hall–Kier alpha value is -0.440. The molecule has 2 heterocycles. The van der Waals surface area contributed by atoms with Crippen molar-refractivity contribution in [2.75, 3.05) is 0 Å². The molecule has 1 aromatic rings. The molecule has 0 amide bonds. The largest absolute Gasteiger partial charge is 0.387 e. The van der Waals surface area contributed by atoms with E-state index < -0.39 is 0 Å². The first-order valence-corrected chi connectivity index (χ1v) is 4.19. The fraction of sp³-hybridized carbons (Fsp3) is 0. The van der Waals surface area contributed by atoms with Crippen LogP contribution in [0, 0.1) is 0 Å². The van der Waals surface area contributed by atoms with Gasteiger partial charge in [-0.1, -0.05) is 11.3 Å². The van der Waals surface area contributed by atoms with E-state index in [1.165, 1.54) is 11.3 Å². The lowest BCUT2D eigenvalue weighted by molar-refractivity contribution is 0.290. The zero-order valence-corrected chi connectivity index (χ0v) is 6.08. The summed E-state index contributed by atoms with van der Waals surface area (Å²) in [7, 11) is 0.961. The van der Waals surface area contributed by atoms with Crippen LogP contribution in [0.5, 0.6) is 5.06 Å². The molecule has 0 saturated carbocycles. The normalized spacial score (nSPS) is 16.4. The Bertz CT molecular complexity index is 246. The van der Waals surface area contributed by atoms with Gasteiger partial charge in [-0.25, -0.2) is 4.98 Å².